The van der Waals surface area contributed by atoms with Crippen molar-refractivity contribution in [3.8, 4) is 5.75 Å². The maximum absolute atomic E-state index is 12.4. The largest absolute Gasteiger partial charge is 0.484 e. The number of amides is 1. The number of hydrogen-bond donors (Lipinski definition) is 1. The Labute approximate surface area is 147 Å². The summed E-state index contributed by atoms with van der Waals surface area (Å²) in [5.41, 5.74) is 0. The fourth-order valence-corrected chi connectivity index (χ4v) is 3.46. The average molecular weight is 354 g/mol. The zero-order chi connectivity index (χ0) is 17.1. The molecule has 24 heavy (non-hydrogen) atoms. The normalized spacial score (nSPS) is 25.9. The summed E-state index contributed by atoms with van der Waals surface area (Å²) in [4.78, 5) is 18.6. The van der Waals surface area contributed by atoms with Crippen LogP contribution in [0.5, 0.6) is 5.75 Å². The molecule has 7 heteroatoms. The molecule has 2 atom stereocenters. The Morgan fingerprint density at radius 1 is 1.29 bits per heavy atom. The number of piperazine rings is 1. The van der Waals surface area contributed by atoms with E-state index < -0.39 is 6.10 Å². The van der Waals surface area contributed by atoms with Gasteiger partial charge in [-0.15, -0.1) is 0 Å². The van der Waals surface area contributed by atoms with Crippen LogP contribution in [0.25, 0.3) is 0 Å². The highest BCUT2D eigenvalue weighted by Gasteiger charge is 2.38. The predicted molar refractivity (Wildman–Crippen MR) is 92.4 cm³/mol. The van der Waals surface area contributed by atoms with Crippen LogP contribution in [0.2, 0.25) is 5.02 Å². The molecule has 2 heterocycles. The smallest absolute Gasteiger partial charge is 0.260 e. The summed E-state index contributed by atoms with van der Waals surface area (Å²) in [5.74, 6) is 0.469. The second kappa shape index (κ2) is 7.70. The zero-order valence-corrected chi connectivity index (χ0v) is 14.7. The number of nitrogens with zero attached hydrogens (tertiary/aromatic N) is 3. The summed E-state index contributed by atoms with van der Waals surface area (Å²) >= 11 is 5.90. The van der Waals surface area contributed by atoms with Crippen molar-refractivity contribution >= 4 is 17.5 Å². The van der Waals surface area contributed by atoms with Gasteiger partial charge in [-0.1, -0.05) is 17.7 Å². The summed E-state index contributed by atoms with van der Waals surface area (Å²) in [6, 6.07) is 7.01. The summed E-state index contributed by atoms with van der Waals surface area (Å²) in [6.07, 6.45) is -0.497. The number of carbonyl (C=O) groups excluding carboxylic acids is 1. The third-order valence-corrected chi connectivity index (χ3v) is 5.01. The van der Waals surface area contributed by atoms with Crippen molar-refractivity contribution in [3.05, 3.63) is 29.3 Å². The lowest BCUT2D eigenvalue weighted by Crippen LogP contribution is -2.52. The number of likely N-dealkylation sites (tertiary alicyclic amines) is 1. The van der Waals surface area contributed by atoms with Gasteiger partial charge in [0.15, 0.2) is 6.61 Å². The lowest BCUT2D eigenvalue weighted by molar-refractivity contribution is -0.132. The Balaban J connectivity index is 1.51. The number of rotatable bonds is 4. The quantitative estimate of drug-likeness (QED) is 0.856. The predicted octanol–water partition coefficient (Wildman–Crippen LogP) is 0.538. The van der Waals surface area contributed by atoms with Crippen LogP contribution in [0.1, 0.15) is 0 Å². The van der Waals surface area contributed by atoms with Crippen molar-refractivity contribution in [2.24, 2.45) is 0 Å². The third-order valence-electron chi connectivity index (χ3n) is 4.78. The fraction of sp³-hybridized carbons (Fsp3) is 0.588. The minimum atomic E-state index is -0.497. The number of likely N-dealkylation sites (N-methyl/N-ethyl adjacent to an activating group) is 1. The Hall–Kier alpha value is -1.34. The summed E-state index contributed by atoms with van der Waals surface area (Å²) in [5, 5.41) is 10.9. The number of aliphatic hydroxyl groups excluding tert-OH is 1. The molecule has 1 aromatic carbocycles. The molecular formula is C17H24ClN3O3. The fourth-order valence-electron chi connectivity index (χ4n) is 3.28. The average Bonchev–Trinajstić information content (AvgIpc) is 2.95. The van der Waals surface area contributed by atoms with Crippen LogP contribution in [-0.4, -0.2) is 90.8 Å². The molecule has 0 aliphatic carbocycles. The van der Waals surface area contributed by atoms with Gasteiger partial charge in [0, 0.05) is 44.3 Å². The van der Waals surface area contributed by atoms with Gasteiger partial charge in [-0.05, 0) is 25.2 Å². The van der Waals surface area contributed by atoms with Gasteiger partial charge in [0.1, 0.15) is 5.75 Å². The van der Waals surface area contributed by atoms with Crippen molar-refractivity contribution in [1.82, 2.24) is 14.7 Å². The number of halogens is 1. The minimum absolute atomic E-state index is 0.0221. The van der Waals surface area contributed by atoms with Gasteiger partial charge in [0.2, 0.25) is 0 Å². The van der Waals surface area contributed by atoms with Gasteiger partial charge in [-0.2, -0.15) is 0 Å². The zero-order valence-electron chi connectivity index (χ0n) is 13.9. The molecule has 0 aromatic heterocycles. The number of aliphatic hydroxyl groups is 1. The van der Waals surface area contributed by atoms with Crippen molar-refractivity contribution in [2.75, 3.05) is 52.9 Å². The lowest BCUT2D eigenvalue weighted by atomic mass is 10.1. The van der Waals surface area contributed by atoms with E-state index in [0.29, 0.717) is 23.9 Å². The number of ether oxygens (including phenoxy) is 1. The van der Waals surface area contributed by atoms with E-state index in [-0.39, 0.29) is 18.6 Å². The molecule has 0 saturated carbocycles. The molecule has 2 saturated heterocycles. The Morgan fingerprint density at radius 3 is 2.75 bits per heavy atom. The van der Waals surface area contributed by atoms with E-state index in [1.165, 1.54) is 0 Å². The second-order valence-electron chi connectivity index (χ2n) is 6.52. The first kappa shape index (κ1) is 17.5. The Kier molecular flexibility index (Phi) is 5.61. The number of benzene rings is 1. The molecule has 2 aliphatic rings. The number of hydrogen-bond acceptors (Lipinski definition) is 5. The molecule has 6 nitrogen and oxygen atoms in total. The lowest BCUT2D eigenvalue weighted by Gasteiger charge is -2.37. The van der Waals surface area contributed by atoms with Crippen LogP contribution < -0.4 is 4.74 Å². The van der Waals surface area contributed by atoms with Crippen molar-refractivity contribution in [3.63, 3.8) is 0 Å². The molecule has 0 bridgehead atoms. The summed E-state index contributed by atoms with van der Waals surface area (Å²) in [6.45, 7) is 4.74. The highest BCUT2D eigenvalue weighted by Crippen LogP contribution is 2.20. The van der Waals surface area contributed by atoms with E-state index in [0.717, 1.165) is 26.2 Å². The van der Waals surface area contributed by atoms with Gasteiger partial charge in [0.25, 0.3) is 5.91 Å². The van der Waals surface area contributed by atoms with E-state index in [1.807, 2.05) is 0 Å². The topological polar surface area (TPSA) is 56.2 Å². The SMILES string of the molecule is CN1CCN([C@@H]2CN(C(=O)COc3cccc(Cl)c3)C[C@H]2O)CC1. The van der Waals surface area contributed by atoms with E-state index in [1.54, 1.807) is 29.2 Å². The molecule has 132 valence electrons. The first-order valence-electron chi connectivity index (χ1n) is 8.30. The highest BCUT2D eigenvalue weighted by molar-refractivity contribution is 6.30. The first-order valence-corrected chi connectivity index (χ1v) is 8.67. The van der Waals surface area contributed by atoms with Gasteiger partial charge >= 0.3 is 0 Å². The van der Waals surface area contributed by atoms with Crippen LogP contribution in [0.4, 0.5) is 0 Å². The number of β-amino-alcohol motifs (C(OH)–C–C–N with tert-alkyl or cyclic N) is 1. The Morgan fingerprint density at radius 2 is 2.04 bits per heavy atom. The standard InChI is InChI=1S/C17H24ClN3O3/c1-19-5-7-20(8-6-19)15-10-21(11-16(15)22)17(23)12-24-14-4-2-3-13(18)9-14/h2-4,9,15-16,22H,5-8,10-12H2,1H3/t15-,16-/m1/s1. The summed E-state index contributed by atoms with van der Waals surface area (Å²) in [7, 11) is 2.10. The monoisotopic (exact) mass is 353 g/mol. The molecule has 1 amide bonds. The minimum Gasteiger partial charge on any atom is -0.484 e. The second-order valence-corrected chi connectivity index (χ2v) is 6.96. The van der Waals surface area contributed by atoms with Crippen LogP contribution in [0.15, 0.2) is 24.3 Å². The van der Waals surface area contributed by atoms with Crippen LogP contribution in [0.3, 0.4) is 0 Å². The van der Waals surface area contributed by atoms with Gasteiger partial charge < -0.3 is 19.6 Å². The number of carbonyl (C=O) groups is 1. The van der Waals surface area contributed by atoms with Crippen molar-refractivity contribution < 1.29 is 14.6 Å². The van der Waals surface area contributed by atoms with Crippen LogP contribution in [-0.2, 0) is 4.79 Å². The molecule has 1 N–H and O–H groups in total. The molecule has 2 fully saturated rings. The molecule has 0 radical (unpaired) electrons. The third kappa shape index (κ3) is 4.19. The molecule has 3 rings (SSSR count). The van der Waals surface area contributed by atoms with Crippen molar-refractivity contribution in [1.29, 1.82) is 0 Å². The van der Waals surface area contributed by atoms with E-state index in [2.05, 4.69) is 16.8 Å². The molecular weight excluding hydrogens is 330 g/mol. The summed E-state index contributed by atoms with van der Waals surface area (Å²) < 4.78 is 5.51. The van der Waals surface area contributed by atoms with E-state index in [9.17, 15) is 9.90 Å². The first-order chi connectivity index (χ1) is 11.5. The van der Waals surface area contributed by atoms with E-state index in [4.69, 9.17) is 16.3 Å². The molecule has 0 spiro atoms. The maximum atomic E-state index is 12.4. The van der Waals surface area contributed by atoms with Crippen LogP contribution in [0, 0.1) is 0 Å². The van der Waals surface area contributed by atoms with Gasteiger partial charge in [-0.25, -0.2) is 0 Å². The Bertz CT molecular complexity index is 578. The van der Waals surface area contributed by atoms with E-state index >= 15 is 0 Å². The maximum Gasteiger partial charge on any atom is 0.260 e. The highest BCUT2D eigenvalue weighted by atomic mass is 35.5. The van der Waals surface area contributed by atoms with Crippen LogP contribution >= 0.6 is 11.6 Å². The van der Waals surface area contributed by atoms with Crippen molar-refractivity contribution in [2.45, 2.75) is 12.1 Å². The molecule has 1 aromatic rings. The molecule has 2 aliphatic heterocycles. The van der Waals surface area contributed by atoms with Gasteiger partial charge in [-0.3, -0.25) is 9.69 Å². The van der Waals surface area contributed by atoms with Gasteiger partial charge in [0.05, 0.1) is 12.1 Å². The molecule has 0 unspecified atom stereocenters.